The third kappa shape index (κ3) is 1.82. The molecule has 8 heteroatoms. The Bertz CT molecular complexity index is 733. The van der Waals surface area contributed by atoms with Gasteiger partial charge in [-0.05, 0) is 13.0 Å². The molecule has 1 unspecified atom stereocenters. The summed E-state index contributed by atoms with van der Waals surface area (Å²) in [4.78, 5) is 26.3. The van der Waals surface area contributed by atoms with Crippen LogP contribution in [0.5, 0.6) is 0 Å². The van der Waals surface area contributed by atoms with Crippen LogP contribution < -0.4 is 0 Å². The molecule has 0 radical (unpaired) electrons. The molecule has 0 aromatic carbocycles. The lowest BCUT2D eigenvalue weighted by atomic mass is 10.2. The number of fused-ring (bicyclic) bond motifs is 1. The molecule has 3 heterocycles. The van der Waals surface area contributed by atoms with E-state index in [9.17, 15) is 4.79 Å². The van der Waals surface area contributed by atoms with Crippen molar-refractivity contribution in [2.45, 2.75) is 13.0 Å². The highest BCUT2D eigenvalue weighted by molar-refractivity contribution is 5.99. The zero-order valence-electron chi connectivity index (χ0n) is 9.98. The number of carbonyl (C=O) groups is 1. The second-order valence-electron chi connectivity index (χ2n) is 4.04. The van der Waals surface area contributed by atoms with Crippen LogP contribution in [0.2, 0.25) is 0 Å². The Hall–Kier alpha value is -2.77. The minimum absolute atomic E-state index is 0.148. The predicted molar refractivity (Wildman–Crippen MR) is 64.7 cm³/mol. The van der Waals surface area contributed by atoms with Gasteiger partial charge in [-0.1, -0.05) is 0 Å². The average Bonchev–Trinajstić information content (AvgIpc) is 3.06. The fraction of sp³-hybridized carbons (Fsp3) is 0.182. The number of hydrogen-bond donors (Lipinski definition) is 2. The van der Waals surface area contributed by atoms with Gasteiger partial charge in [-0.25, -0.2) is 24.4 Å². The molecule has 2 N–H and O–H groups in total. The lowest BCUT2D eigenvalue weighted by Gasteiger charge is -2.06. The van der Waals surface area contributed by atoms with E-state index in [0.717, 1.165) is 0 Å². The van der Waals surface area contributed by atoms with E-state index in [1.165, 1.54) is 18.6 Å². The van der Waals surface area contributed by atoms with Gasteiger partial charge in [0.15, 0.2) is 5.65 Å². The minimum atomic E-state index is -1.02. The largest absolute Gasteiger partial charge is 0.478 e. The average molecular weight is 258 g/mol. The number of carboxylic acids is 1. The van der Waals surface area contributed by atoms with Crippen molar-refractivity contribution in [3.63, 3.8) is 0 Å². The molecule has 0 aliphatic heterocycles. The Morgan fingerprint density at radius 1 is 1.53 bits per heavy atom. The summed E-state index contributed by atoms with van der Waals surface area (Å²) in [6.45, 7) is 1.88. The number of H-pyrrole nitrogens is 1. The molecule has 8 nitrogen and oxygen atoms in total. The van der Waals surface area contributed by atoms with Gasteiger partial charge < -0.3 is 10.1 Å². The van der Waals surface area contributed by atoms with Crippen LogP contribution in [-0.2, 0) is 0 Å². The fourth-order valence-electron chi connectivity index (χ4n) is 1.85. The number of carboxylic acid groups (broad SMARTS) is 1. The number of rotatable bonds is 3. The van der Waals surface area contributed by atoms with Crippen LogP contribution in [0, 0.1) is 0 Å². The standard InChI is InChI=1S/C11H10N6O2/c1-6(17-5-12-4-14-17)9-15-8-7(11(18)19)2-3-13-10(8)16-9/h2-6H,1H3,(H,18,19)(H,13,15,16). The second-order valence-corrected chi connectivity index (χ2v) is 4.04. The number of aromatic carboxylic acids is 1. The lowest BCUT2D eigenvalue weighted by Crippen LogP contribution is -2.08. The molecule has 19 heavy (non-hydrogen) atoms. The monoisotopic (exact) mass is 258 g/mol. The van der Waals surface area contributed by atoms with Gasteiger partial charge in [0.2, 0.25) is 0 Å². The number of pyridine rings is 1. The van der Waals surface area contributed by atoms with Crippen LogP contribution in [0.25, 0.3) is 11.2 Å². The summed E-state index contributed by atoms with van der Waals surface area (Å²) in [5.74, 6) is -0.433. The summed E-state index contributed by atoms with van der Waals surface area (Å²) >= 11 is 0. The lowest BCUT2D eigenvalue weighted by molar-refractivity contribution is 0.0698. The number of aromatic amines is 1. The molecule has 96 valence electrons. The third-order valence-corrected chi connectivity index (χ3v) is 2.87. The molecule has 1 atom stereocenters. The molecule has 3 rings (SSSR count). The van der Waals surface area contributed by atoms with E-state index in [1.807, 2.05) is 6.92 Å². The van der Waals surface area contributed by atoms with Crippen molar-refractivity contribution < 1.29 is 9.90 Å². The van der Waals surface area contributed by atoms with Crippen LogP contribution in [0.1, 0.15) is 29.1 Å². The van der Waals surface area contributed by atoms with Crippen LogP contribution in [0.4, 0.5) is 0 Å². The van der Waals surface area contributed by atoms with E-state index < -0.39 is 5.97 Å². The quantitative estimate of drug-likeness (QED) is 0.720. The highest BCUT2D eigenvalue weighted by Crippen LogP contribution is 2.19. The van der Waals surface area contributed by atoms with Crippen LogP contribution in [-0.4, -0.2) is 40.8 Å². The van der Waals surface area contributed by atoms with E-state index in [2.05, 4.69) is 25.0 Å². The molecule has 0 aliphatic carbocycles. The normalized spacial score (nSPS) is 12.7. The van der Waals surface area contributed by atoms with Gasteiger partial charge in [-0.15, -0.1) is 0 Å². The van der Waals surface area contributed by atoms with Crippen LogP contribution >= 0.6 is 0 Å². The molecular weight excluding hydrogens is 248 g/mol. The van der Waals surface area contributed by atoms with Crippen molar-refractivity contribution in [1.82, 2.24) is 29.7 Å². The molecule has 0 aliphatic rings. The Kier molecular flexibility index (Phi) is 2.48. The molecule has 0 fully saturated rings. The summed E-state index contributed by atoms with van der Waals surface area (Å²) in [5.41, 5.74) is 0.938. The SMILES string of the molecule is CC(c1nc2nccc(C(=O)O)c2[nH]1)n1cncn1. The zero-order valence-corrected chi connectivity index (χ0v) is 9.98. The highest BCUT2D eigenvalue weighted by atomic mass is 16.4. The second kappa shape index (κ2) is 4.16. The first-order valence-electron chi connectivity index (χ1n) is 5.59. The van der Waals surface area contributed by atoms with Crippen molar-refractivity contribution in [2.24, 2.45) is 0 Å². The van der Waals surface area contributed by atoms with Gasteiger partial charge in [0, 0.05) is 6.20 Å². The Morgan fingerprint density at radius 3 is 3.05 bits per heavy atom. The van der Waals surface area contributed by atoms with Gasteiger partial charge in [-0.2, -0.15) is 5.10 Å². The van der Waals surface area contributed by atoms with Crippen molar-refractivity contribution >= 4 is 17.1 Å². The Balaban J connectivity index is 2.12. The van der Waals surface area contributed by atoms with E-state index >= 15 is 0 Å². The summed E-state index contributed by atoms with van der Waals surface area (Å²) < 4.78 is 1.62. The highest BCUT2D eigenvalue weighted by Gasteiger charge is 2.17. The number of aromatic nitrogens is 6. The van der Waals surface area contributed by atoms with E-state index in [4.69, 9.17) is 5.11 Å². The first-order chi connectivity index (χ1) is 9.16. The maximum Gasteiger partial charge on any atom is 0.338 e. The summed E-state index contributed by atoms with van der Waals surface area (Å²) in [7, 11) is 0. The number of nitrogens with one attached hydrogen (secondary N) is 1. The van der Waals surface area contributed by atoms with Crippen molar-refractivity contribution in [3.05, 3.63) is 36.3 Å². The zero-order chi connectivity index (χ0) is 13.4. The van der Waals surface area contributed by atoms with E-state index in [0.29, 0.717) is 17.0 Å². The Morgan fingerprint density at radius 2 is 2.37 bits per heavy atom. The number of hydrogen-bond acceptors (Lipinski definition) is 5. The molecule has 0 bridgehead atoms. The molecular formula is C11H10N6O2. The van der Waals surface area contributed by atoms with Crippen molar-refractivity contribution in [2.75, 3.05) is 0 Å². The summed E-state index contributed by atoms with van der Waals surface area (Å²) in [5, 5.41) is 13.1. The fourth-order valence-corrected chi connectivity index (χ4v) is 1.85. The maximum absolute atomic E-state index is 11.1. The minimum Gasteiger partial charge on any atom is -0.478 e. The molecule has 0 saturated carbocycles. The molecule has 3 aromatic heterocycles. The number of nitrogens with zero attached hydrogens (tertiary/aromatic N) is 5. The van der Waals surface area contributed by atoms with E-state index in [-0.39, 0.29) is 11.6 Å². The van der Waals surface area contributed by atoms with Gasteiger partial charge >= 0.3 is 5.97 Å². The Labute approximate surface area is 107 Å². The maximum atomic E-state index is 11.1. The first-order valence-corrected chi connectivity index (χ1v) is 5.59. The van der Waals surface area contributed by atoms with Gasteiger partial charge in [0.25, 0.3) is 0 Å². The number of imidazole rings is 1. The summed E-state index contributed by atoms with van der Waals surface area (Å²) in [6.07, 6.45) is 4.43. The van der Waals surface area contributed by atoms with E-state index in [1.54, 1.807) is 11.0 Å². The first kappa shape index (κ1) is 11.3. The topological polar surface area (TPSA) is 110 Å². The van der Waals surface area contributed by atoms with Crippen LogP contribution in [0.15, 0.2) is 24.9 Å². The van der Waals surface area contributed by atoms with Gasteiger partial charge in [0.05, 0.1) is 11.1 Å². The van der Waals surface area contributed by atoms with Crippen molar-refractivity contribution in [3.8, 4) is 0 Å². The molecule has 0 amide bonds. The van der Waals surface area contributed by atoms with Gasteiger partial charge in [-0.3, -0.25) is 0 Å². The summed E-state index contributed by atoms with van der Waals surface area (Å²) in [6, 6.07) is 1.26. The molecule has 0 saturated heterocycles. The van der Waals surface area contributed by atoms with Crippen molar-refractivity contribution in [1.29, 1.82) is 0 Å². The predicted octanol–water partition coefficient (Wildman–Crippen LogP) is 0.857. The van der Waals surface area contributed by atoms with Gasteiger partial charge in [0.1, 0.15) is 24.5 Å². The smallest absolute Gasteiger partial charge is 0.338 e. The molecule has 3 aromatic rings. The third-order valence-electron chi connectivity index (χ3n) is 2.87. The van der Waals surface area contributed by atoms with Crippen LogP contribution in [0.3, 0.4) is 0 Å². The molecule has 0 spiro atoms.